The molecule has 4 N–H and O–H groups in total. The van der Waals surface area contributed by atoms with Crippen molar-refractivity contribution in [1.29, 1.82) is 0 Å². The van der Waals surface area contributed by atoms with Crippen LogP contribution in [0.4, 0.5) is 0 Å². The van der Waals surface area contributed by atoms with E-state index in [2.05, 4.69) is 5.32 Å². The van der Waals surface area contributed by atoms with Gasteiger partial charge in [-0.1, -0.05) is 12.1 Å². The first kappa shape index (κ1) is 15.3. The third kappa shape index (κ3) is 6.08. The molecule has 0 heterocycles. The topological polar surface area (TPSA) is 93.8 Å². The van der Waals surface area contributed by atoms with Crippen LogP contribution in [0.2, 0.25) is 0 Å². The van der Waals surface area contributed by atoms with Crippen LogP contribution in [0.3, 0.4) is 0 Å². The van der Waals surface area contributed by atoms with Gasteiger partial charge in [0.25, 0.3) is 0 Å². The highest BCUT2D eigenvalue weighted by atomic mass is 16.5. The number of nitrogens with one attached hydrogen (secondary N) is 1. The molecule has 0 saturated carbocycles. The molecule has 6 heteroatoms. The van der Waals surface area contributed by atoms with Crippen molar-refractivity contribution in [1.82, 2.24) is 5.32 Å². The molecule has 1 rings (SSSR count). The molecule has 0 saturated heterocycles. The van der Waals surface area contributed by atoms with E-state index in [0.29, 0.717) is 24.6 Å². The molecule has 1 unspecified atom stereocenters. The van der Waals surface area contributed by atoms with Crippen molar-refractivity contribution in [3.63, 3.8) is 0 Å². The fourth-order valence-electron chi connectivity index (χ4n) is 1.46. The van der Waals surface area contributed by atoms with Gasteiger partial charge in [-0.25, -0.2) is 0 Å². The molecule has 0 radical (unpaired) electrons. The number of carbonyl (C=O) groups excluding carboxylic acids is 1. The van der Waals surface area contributed by atoms with Gasteiger partial charge in [-0.05, 0) is 12.1 Å². The Hall–Kier alpha value is -1.79. The Morgan fingerprint density at radius 2 is 2.11 bits per heavy atom. The summed E-state index contributed by atoms with van der Waals surface area (Å²) in [5.74, 6) is 0.838. The van der Waals surface area contributed by atoms with E-state index < -0.39 is 6.10 Å². The molecule has 19 heavy (non-hydrogen) atoms. The van der Waals surface area contributed by atoms with E-state index in [1.54, 1.807) is 19.2 Å². The van der Waals surface area contributed by atoms with E-state index >= 15 is 0 Å². The average molecular weight is 268 g/mol. The zero-order valence-corrected chi connectivity index (χ0v) is 11.0. The van der Waals surface area contributed by atoms with Crippen molar-refractivity contribution in [3.05, 3.63) is 24.3 Å². The van der Waals surface area contributed by atoms with E-state index in [1.807, 2.05) is 12.1 Å². The minimum Gasteiger partial charge on any atom is -0.493 e. The van der Waals surface area contributed by atoms with Crippen LogP contribution in [0.1, 0.15) is 6.42 Å². The number of rotatable bonds is 9. The van der Waals surface area contributed by atoms with Crippen LogP contribution in [0, 0.1) is 0 Å². The third-order valence-corrected chi connectivity index (χ3v) is 2.43. The molecule has 0 aliphatic heterocycles. The molecule has 0 spiro atoms. The van der Waals surface area contributed by atoms with E-state index in [1.165, 1.54) is 0 Å². The molecule has 0 aliphatic carbocycles. The number of ether oxygens (including phenoxy) is 2. The lowest BCUT2D eigenvalue weighted by atomic mass is 10.3. The Labute approximate surface area is 112 Å². The summed E-state index contributed by atoms with van der Waals surface area (Å²) in [6.07, 6.45) is -0.419. The maximum atomic E-state index is 10.5. The van der Waals surface area contributed by atoms with Gasteiger partial charge in [0, 0.05) is 19.5 Å². The lowest BCUT2D eigenvalue weighted by molar-refractivity contribution is -0.117. The van der Waals surface area contributed by atoms with Crippen LogP contribution in [-0.2, 0) is 4.79 Å². The maximum absolute atomic E-state index is 10.5. The SMILES string of the molecule is COc1ccccc1OCC(O)CNCCC(N)=O. The van der Waals surface area contributed by atoms with Gasteiger partial charge >= 0.3 is 0 Å². The van der Waals surface area contributed by atoms with Gasteiger partial charge in [0.2, 0.25) is 5.91 Å². The number of hydrogen-bond donors (Lipinski definition) is 3. The minimum absolute atomic E-state index is 0.143. The van der Waals surface area contributed by atoms with Gasteiger partial charge in [0.05, 0.1) is 7.11 Å². The second kappa shape index (κ2) is 8.34. The van der Waals surface area contributed by atoms with E-state index in [0.717, 1.165) is 0 Å². The molecule has 1 amide bonds. The van der Waals surface area contributed by atoms with E-state index in [-0.39, 0.29) is 18.9 Å². The van der Waals surface area contributed by atoms with Crippen molar-refractivity contribution >= 4 is 5.91 Å². The fraction of sp³-hybridized carbons (Fsp3) is 0.462. The number of para-hydroxylation sites is 2. The quantitative estimate of drug-likeness (QED) is 0.544. The summed E-state index contributed by atoms with van der Waals surface area (Å²) >= 11 is 0. The first-order chi connectivity index (χ1) is 9.13. The van der Waals surface area contributed by atoms with Gasteiger partial charge in [-0.3, -0.25) is 4.79 Å². The largest absolute Gasteiger partial charge is 0.493 e. The average Bonchev–Trinajstić information content (AvgIpc) is 2.41. The summed E-state index contributed by atoms with van der Waals surface area (Å²) in [5.41, 5.74) is 5.00. The van der Waals surface area contributed by atoms with Crippen molar-refractivity contribution in [2.24, 2.45) is 5.73 Å². The van der Waals surface area contributed by atoms with Crippen molar-refractivity contribution in [3.8, 4) is 11.5 Å². The van der Waals surface area contributed by atoms with Gasteiger partial charge in [-0.15, -0.1) is 0 Å². The number of aliphatic hydroxyl groups excluding tert-OH is 1. The summed E-state index contributed by atoms with van der Waals surface area (Å²) in [6, 6.07) is 7.22. The number of carbonyl (C=O) groups is 1. The number of primary amides is 1. The Bertz CT molecular complexity index is 398. The maximum Gasteiger partial charge on any atom is 0.218 e. The molecule has 1 atom stereocenters. The van der Waals surface area contributed by atoms with Gasteiger partial charge in [-0.2, -0.15) is 0 Å². The lowest BCUT2D eigenvalue weighted by Gasteiger charge is -2.14. The van der Waals surface area contributed by atoms with Crippen LogP contribution < -0.4 is 20.5 Å². The smallest absolute Gasteiger partial charge is 0.218 e. The number of aliphatic hydroxyl groups is 1. The summed E-state index contributed by atoms with van der Waals surface area (Å²) in [4.78, 5) is 10.5. The molecule has 0 bridgehead atoms. The summed E-state index contributed by atoms with van der Waals surface area (Å²) in [7, 11) is 1.56. The van der Waals surface area contributed by atoms with Crippen LogP contribution in [-0.4, -0.2) is 43.9 Å². The molecule has 106 valence electrons. The fourth-order valence-corrected chi connectivity index (χ4v) is 1.46. The van der Waals surface area contributed by atoms with Gasteiger partial charge in [0.15, 0.2) is 11.5 Å². The highest BCUT2D eigenvalue weighted by molar-refractivity contribution is 5.73. The third-order valence-electron chi connectivity index (χ3n) is 2.43. The van der Waals surface area contributed by atoms with Crippen molar-refractivity contribution in [2.75, 3.05) is 26.8 Å². The molecule has 0 aliphatic rings. The Kier molecular flexibility index (Phi) is 6.70. The molecular weight excluding hydrogens is 248 g/mol. The van der Waals surface area contributed by atoms with E-state index in [4.69, 9.17) is 15.2 Å². The molecule has 1 aromatic carbocycles. The second-order valence-corrected chi connectivity index (χ2v) is 4.04. The summed E-state index contributed by atoms with van der Waals surface area (Å²) in [5, 5.41) is 12.6. The normalized spacial score (nSPS) is 11.9. The first-order valence-electron chi connectivity index (χ1n) is 6.06. The molecule has 0 fully saturated rings. The zero-order chi connectivity index (χ0) is 14.1. The van der Waals surface area contributed by atoms with Crippen LogP contribution in [0.5, 0.6) is 11.5 Å². The minimum atomic E-state index is -0.669. The van der Waals surface area contributed by atoms with Crippen molar-refractivity contribution in [2.45, 2.75) is 12.5 Å². The van der Waals surface area contributed by atoms with Gasteiger partial charge in [0.1, 0.15) is 12.7 Å². The standard InChI is InChI=1S/C13H20N2O4/c1-18-11-4-2-3-5-12(11)19-9-10(16)8-15-7-6-13(14)17/h2-5,10,15-16H,6-9H2,1H3,(H2,14,17). The van der Waals surface area contributed by atoms with Crippen LogP contribution in [0.25, 0.3) is 0 Å². The molecule has 1 aromatic rings. The Morgan fingerprint density at radius 3 is 2.74 bits per heavy atom. The number of hydrogen-bond acceptors (Lipinski definition) is 5. The number of nitrogens with two attached hydrogens (primary N) is 1. The van der Waals surface area contributed by atoms with E-state index in [9.17, 15) is 9.90 Å². The zero-order valence-electron chi connectivity index (χ0n) is 11.0. The monoisotopic (exact) mass is 268 g/mol. The summed E-state index contributed by atoms with van der Waals surface area (Å²) < 4.78 is 10.6. The number of benzene rings is 1. The van der Waals surface area contributed by atoms with Crippen LogP contribution >= 0.6 is 0 Å². The first-order valence-corrected chi connectivity index (χ1v) is 6.06. The highest BCUT2D eigenvalue weighted by Gasteiger charge is 2.08. The van der Waals surface area contributed by atoms with Crippen LogP contribution in [0.15, 0.2) is 24.3 Å². The van der Waals surface area contributed by atoms with Gasteiger partial charge < -0.3 is 25.6 Å². The predicted molar refractivity (Wildman–Crippen MR) is 71.2 cm³/mol. The highest BCUT2D eigenvalue weighted by Crippen LogP contribution is 2.25. The number of amides is 1. The lowest BCUT2D eigenvalue weighted by Crippen LogP contribution is -2.33. The summed E-state index contributed by atoms with van der Waals surface area (Å²) in [6.45, 7) is 0.924. The molecular formula is C13H20N2O4. The Morgan fingerprint density at radius 1 is 1.42 bits per heavy atom. The predicted octanol–water partition coefficient (Wildman–Crippen LogP) is -0.100. The Balaban J connectivity index is 2.26. The molecule has 0 aromatic heterocycles. The molecule has 6 nitrogen and oxygen atoms in total. The van der Waals surface area contributed by atoms with Crippen molar-refractivity contribution < 1.29 is 19.4 Å². The second-order valence-electron chi connectivity index (χ2n) is 4.04. The number of methoxy groups -OCH3 is 1.